The first-order valence-electron chi connectivity index (χ1n) is 34.6. The van der Waals surface area contributed by atoms with Crippen molar-refractivity contribution in [2.45, 2.75) is 119 Å². The van der Waals surface area contributed by atoms with Gasteiger partial charge in [-0.15, -0.1) is 0 Å². The predicted octanol–water partition coefficient (Wildman–Crippen LogP) is 14.6. The molecular formula is C80H86N6O12. The number of amides is 6. The number of rotatable bonds is 30. The minimum atomic E-state index is -1.23. The van der Waals surface area contributed by atoms with Crippen molar-refractivity contribution >= 4 is 78.5 Å². The topological polar surface area (TPSA) is 201 Å². The number of epoxide rings is 2. The second-order valence-corrected chi connectivity index (χ2v) is 27.6. The largest absolute Gasteiger partial charge is 0.457 e. The first-order chi connectivity index (χ1) is 47.3. The van der Waals surface area contributed by atoms with Crippen LogP contribution in [0.15, 0.2) is 121 Å². The van der Waals surface area contributed by atoms with Crippen molar-refractivity contribution in [1.29, 1.82) is 0 Å². The molecule has 6 amide bonds. The van der Waals surface area contributed by atoms with Crippen LogP contribution in [0.1, 0.15) is 131 Å². The van der Waals surface area contributed by atoms with Crippen molar-refractivity contribution < 1.29 is 57.2 Å². The smallest absolute Gasteiger partial charge is 0.262 e. The number of hydrogen-bond donors (Lipinski definition) is 2. The Balaban J connectivity index is 1.13. The molecule has 508 valence electrons. The Morgan fingerprint density at radius 1 is 0.429 bits per heavy atom. The number of nitrogens with zero attached hydrogens (tertiary/aromatic N) is 4. The molecule has 0 spiro atoms. The van der Waals surface area contributed by atoms with Gasteiger partial charge < -0.3 is 48.9 Å². The fraction of sp³-hybridized carbons (Fsp3) is 0.375. The van der Waals surface area contributed by atoms with Gasteiger partial charge >= 0.3 is 0 Å². The van der Waals surface area contributed by atoms with Gasteiger partial charge in [0.2, 0.25) is 11.8 Å². The maximum Gasteiger partial charge on any atom is 0.262 e. The van der Waals surface area contributed by atoms with Crippen LogP contribution in [0.3, 0.4) is 0 Å². The minimum absolute atomic E-state index is 0.0843. The van der Waals surface area contributed by atoms with E-state index < -0.39 is 35.7 Å². The van der Waals surface area contributed by atoms with Gasteiger partial charge in [0.05, 0.1) is 47.7 Å². The second kappa shape index (κ2) is 28.2. The maximum absolute atomic E-state index is 16.4. The van der Waals surface area contributed by atoms with Crippen LogP contribution in [0.25, 0.3) is 43.1 Å². The summed E-state index contributed by atoms with van der Waals surface area (Å²) in [7, 11) is 0. The van der Waals surface area contributed by atoms with Crippen molar-refractivity contribution in [2.75, 3.05) is 65.6 Å². The Bertz CT molecular complexity index is 4030. The molecule has 2 saturated heterocycles. The minimum Gasteiger partial charge on any atom is -0.457 e. The lowest BCUT2D eigenvalue weighted by Gasteiger charge is -2.38. The number of benzene rings is 9. The van der Waals surface area contributed by atoms with Crippen molar-refractivity contribution in [2.24, 2.45) is 11.8 Å². The van der Waals surface area contributed by atoms with Gasteiger partial charge in [0, 0.05) is 95.4 Å². The Morgan fingerprint density at radius 3 is 0.929 bits per heavy atom. The quantitative estimate of drug-likeness (QED) is 0.0142. The van der Waals surface area contributed by atoms with Gasteiger partial charge in [0.15, 0.2) is 0 Å². The van der Waals surface area contributed by atoms with Crippen molar-refractivity contribution in [3.8, 4) is 46.0 Å². The summed E-state index contributed by atoms with van der Waals surface area (Å²) in [4.78, 5) is 102. The lowest BCUT2D eigenvalue weighted by atomic mass is 9.80. The van der Waals surface area contributed by atoms with Crippen molar-refractivity contribution in [1.82, 2.24) is 30.2 Å². The van der Waals surface area contributed by atoms with E-state index in [2.05, 4.69) is 10.6 Å². The fourth-order valence-electron chi connectivity index (χ4n) is 13.8. The number of fused-ring (bicyclic) bond motifs is 2. The summed E-state index contributed by atoms with van der Waals surface area (Å²) in [5.74, 6) is -1.60. The number of aryl methyl sites for hydroxylation is 4. The normalized spacial score (nSPS) is 16.3. The van der Waals surface area contributed by atoms with E-state index >= 15 is 28.8 Å². The van der Waals surface area contributed by atoms with Crippen LogP contribution in [-0.4, -0.2) is 145 Å². The zero-order valence-electron chi connectivity index (χ0n) is 57.6. The molecule has 18 nitrogen and oxygen atoms in total. The molecule has 2 N–H and O–H groups in total. The highest BCUT2D eigenvalue weighted by Gasteiger charge is 2.47. The average molecular weight is 1320 g/mol. The molecule has 0 aliphatic carbocycles. The standard InChI is InChI=1S/C80H86N6O12/c1-11-31-83(33-29-81-41-55-43-93-55)79(91)61(35-45(3)4)85-75(87)57-37-63(95-51-21-13-47(7)14-22-51)69-71-65(97-53-25-17-49(9)18-26-53)39-59-68-60(78(90)86(77(59)89)62(36-46(5)6)80(92)84(32-12-2)34-30-82-42-56-44-94-56)40-66(98-54-27-19-50(10)20-28-54)72(74(68)71)70-64(96-52-23-15-48(8)16-24-52)38-58(76(85)88)67(57)73(69)70/h13-28,37-40,45-46,55-56,61-62,81-82H,11-12,29-36,41-44H2,1-10H3. The highest BCUT2D eigenvalue weighted by molar-refractivity contribution is 6.45. The fourth-order valence-corrected chi connectivity index (χ4v) is 13.8. The maximum atomic E-state index is 16.4. The van der Waals surface area contributed by atoms with E-state index in [1.807, 2.05) is 166 Å². The third-order valence-corrected chi connectivity index (χ3v) is 18.8. The molecule has 13 rings (SSSR count). The van der Waals surface area contributed by atoms with Crippen molar-refractivity contribution in [3.05, 3.63) is 166 Å². The predicted molar refractivity (Wildman–Crippen MR) is 379 cm³/mol. The van der Waals surface area contributed by atoms with E-state index in [0.717, 1.165) is 32.1 Å². The molecule has 18 heteroatoms. The zero-order chi connectivity index (χ0) is 68.8. The molecule has 98 heavy (non-hydrogen) atoms. The average Bonchev–Trinajstić information content (AvgIpc) is 0.973. The second-order valence-electron chi connectivity index (χ2n) is 27.6. The molecule has 4 unspecified atom stereocenters. The molecule has 0 radical (unpaired) electrons. The van der Waals surface area contributed by atoms with Gasteiger partial charge in [-0.05, 0) is 138 Å². The van der Waals surface area contributed by atoms with Gasteiger partial charge in [-0.1, -0.05) is 112 Å². The molecular weight excluding hydrogens is 1240 g/mol. The lowest BCUT2D eigenvalue weighted by molar-refractivity contribution is -0.136. The summed E-state index contributed by atoms with van der Waals surface area (Å²) in [6, 6.07) is 34.1. The number of hydrogen-bond acceptors (Lipinski definition) is 14. The van der Waals surface area contributed by atoms with Gasteiger partial charge in [0.1, 0.15) is 58.1 Å². The Morgan fingerprint density at radius 2 is 0.694 bits per heavy atom. The molecule has 9 aromatic rings. The number of nitrogens with one attached hydrogen (secondary N) is 2. The number of carbonyl (C=O) groups excluding carboxylic acids is 6. The summed E-state index contributed by atoms with van der Waals surface area (Å²) in [6.45, 7) is 24.8. The van der Waals surface area contributed by atoms with Crippen LogP contribution in [0.4, 0.5) is 0 Å². The first-order valence-corrected chi connectivity index (χ1v) is 34.6. The van der Waals surface area contributed by atoms with Gasteiger partial charge in [-0.3, -0.25) is 38.6 Å². The van der Waals surface area contributed by atoms with Gasteiger partial charge in [0.25, 0.3) is 23.6 Å². The number of carbonyl (C=O) groups is 6. The highest BCUT2D eigenvalue weighted by atomic mass is 16.6. The molecule has 0 bridgehead atoms. The van der Waals surface area contributed by atoms with Crippen LogP contribution in [0, 0.1) is 39.5 Å². The molecule has 2 fully saturated rings. The molecule has 4 aliphatic heterocycles. The molecule has 4 atom stereocenters. The lowest BCUT2D eigenvalue weighted by Crippen LogP contribution is -2.56. The number of ether oxygens (including phenoxy) is 6. The summed E-state index contributed by atoms with van der Waals surface area (Å²) in [5, 5.41) is 9.43. The van der Waals surface area contributed by atoms with Crippen LogP contribution in [0.2, 0.25) is 0 Å². The van der Waals surface area contributed by atoms with E-state index in [4.69, 9.17) is 28.4 Å². The number of imide groups is 2. The van der Waals surface area contributed by atoms with Crippen molar-refractivity contribution in [3.63, 3.8) is 0 Å². The van der Waals surface area contributed by atoms with E-state index in [1.165, 1.54) is 0 Å². The van der Waals surface area contributed by atoms with Gasteiger partial charge in [-0.25, -0.2) is 0 Å². The van der Waals surface area contributed by atoms with E-state index in [-0.39, 0.29) is 105 Å². The zero-order valence-corrected chi connectivity index (χ0v) is 57.6. The molecule has 4 aliphatic rings. The SMILES string of the molecule is CCCN(CCNCC1CO1)C(=O)C(CC(C)C)N1C(=O)c2cc(Oc3ccc(C)cc3)c3c4c(Oc5ccc(C)cc5)cc5c6c(cc(Oc7ccc(C)cc7)c(c7c(Oc8ccc(C)cc8)cc(c2c37)C1=O)c64)C(=O)N(C(CC(C)C)C(=O)N(CCC)CCNCC1CO1)C5=O. The van der Waals surface area contributed by atoms with Crippen LogP contribution >= 0.6 is 0 Å². The molecule has 4 heterocycles. The van der Waals surface area contributed by atoms with Crippen LogP contribution in [0.5, 0.6) is 46.0 Å². The summed E-state index contributed by atoms with van der Waals surface area (Å²) >= 11 is 0. The third kappa shape index (κ3) is 13.5. The van der Waals surface area contributed by atoms with E-state index in [0.29, 0.717) is 134 Å². The Kier molecular flexibility index (Phi) is 19.3. The van der Waals surface area contributed by atoms with Crippen LogP contribution < -0.4 is 29.6 Å². The summed E-state index contributed by atoms with van der Waals surface area (Å²) in [6.07, 6.45) is 1.86. The molecule has 9 aromatic carbocycles. The molecule has 0 saturated carbocycles. The monoisotopic (exact) mass is 1320 g/mol. The Labute approximate surface area is 571 Å². The Hall–Kier alpha value is -9.46. The highest BCUT2D eigenvalue weighted by Crippen LogP contribution is 2.58. The van der Waals surface area contributed by atoms with Gasteiger partial charge in [-0.2, -0.15) is 0 Å². The summed E-state index contributed by atoms with van der Waals surface area (Å²) in [5.41, 5.74) is 4.19. The van der Waals surface area contributed by atoms with Crippen LogP contribution in [-0.2, 0) is 19.1 Å². The summed E-state index contributed by atoms with van der Waals surface area (Å²) < 4.78 is 39.9. The van der Waals surface area contributed by atoms with E-state index in [9.17, 15) is 0 Å². The third-order valence-electron chi connectivity index (χ3n) is 18.8. The molecule has 0 aromatic heterocycles. The first kappa shape index (κ1) is 67.1. The van der Waals surface area contributed by atoms with E-state index in [1.54, 1.807) is 34.1 Å².